The molecule has 102 heavy (non-hydrogen) atoms. The van der Waals surface area contributed by atoms with Gasteiger partial charge in [0.15, 0.2) is 0 Å². The number of nitrogens with one attached hydrogen (secondary N) is 9. The lowest BCUT2D eigenvalue weighted by atomic mass is 9.91. The van der Waals surface area contributed by atoms with Crippen molar-refractivity contribution in [1.29, 1.82) is 0 Å². The number of nitrogens with zero attached hydrogens (tertiary/aromatic N) is 4. The molecule has 0 aliphatic carbocycles. The van der Waals surface area contributed by atoms with Gasteiger partial charge in [-0.2, -0.15) is 0 Å². The maximum atomic E-state index is 14.9. The number of hydrogen-bond acceptors (Lipinski definition) is 24. The average molecular weight is 1460 g/mol. The van der Waals surface area contributed by atoms with Crippen molar-refractivity contribution in [3.05, 3.63) is 0 Å². The number of methoxy groups -OCH3 is 2. The predicted octanol–water partition coefficient (Wildman–Crippen LogP) is -3.26. The van der Waals surface area contributed by atoms with Crippen LogP contribution in [-0.4, -0.2) is 330 Å². The Morgan fingerprint density at radius 1 is 0.353 bits per heavy atom. The number of amides is 9. The maximum absolute atomic E-state index is 14.9. The van der Waals surface area contributed by atoms with Crippen molar-refractivity contribution in [3.63, 3.8) is 0 Å². The summed E-state index contributed by atoms with van der Waals surface area (Å²) in [6, 6.07) is -3.44. The molecule has 0 aliphatic rings. The molecule has 0 aliphatic heterocycles. The molecule has 0 bridgehead atoms. The molecule has 0 rings (SSSR count). The molecular formula is C69H129N13O20. The maximum Gasteiger partial charge on any atom is 0.243 e. The smallest absolute Gasteiger partial charge is 0.243 e. The van der Waals surface area contributed by atoms with Crippen molar-refractivity contribution in [1.82, 2.24) is 67.5 Å². The van der Waals surface area contributed by atoms with Gasteiger partial charge in [0.2, 0.25) is 53.2 Å². The first-order valence-electron chi connectivity index (χ1n) is 36.0. The first kappa shape index (κ1) is 95.8. The largest absolute Gasteiger partial charge is 0.396 e. The Bertz CT molecular complexity index is 2410. The first-order chi connectivity index (χ1) is 48.7. The molecule has 0 radical (unpaired) electrons. The molecule has 6 atom stereocenters. The molecule has 0 aromatic heterocycles. The van der Waals surface area contributed by atoms with E-state index in [-0.39, 0.29) is 130 Å². The zero-order chi connectivity index (χ0) is 76.6. The van der Waals surface area contributed by atoms with Gasteiger partial charge in [-0.3, -0.25) is 57.5 Å². The lowest BCUT2D eigenvalue weighted by molar-refractivity contribution is -0.138. The summed E-state index contributed by atoms with van der Waals surface area (Å²) in [7, 11) is 14.4. The second kappa shape index (κ2) is 60.1. The molecule has 33 heteroatoms. The summed E-state index contributed by atoms with van der Waals surface area (Å²) < 4.78 is 20.8. The Morgan fingerprint density at radius 3 is 1.16 bits per heavy atom. The molecule has 9 amide bonds. The average Bonchev–Trinajstić information content (AvgIpc) is 0.865. The third kappa shape index (κ3) is 49.4. The van der Waals surface area contributed by atoms with E-state index in [9.17, 15) is 78.0 Å². The van der Waals surface area contributed by atoms with Gasteiger partial charge in [-0.05, 0) is 74.4 Å². The standard InChI is InChI=1S/C69H129N13O20/c1-11-12-18-73-65(94)53(41-62(91)71-21-25-81(7)29-27-79(3)4)38-57(88)44-60(69(98)75-22-26-82(8)30-28-80(5)6)78-67(96)55(42-61(90)70-19-14-13-16-51(46-83)47-84)40-58(89)45-59(68(97)74-20-15-17-52(48-85)49-86)77-66(95)54(43-63(92)72-23-31-101-35-33-99-9)39-56(87)37-50(2)64(93)76-24-32-102-36-34-100-10/h50-55,59-60,83-86H,11-49H2,1-10H3,(H,70,90)(H,71,91)(H,72,92)(H,73,94)(H,74,97)(H,75,98)(H,76,93)(H,77,95)(H,78,96). The molecule has 0 saturated heterocycles. The Kier molecular flexibility index (Phi) is 56.4. The quantitative estimate of drug-likeness (QED) is 0.0266. The zero-order valence-corrected chi connectivity index (χ0v) is 62.8. The molecular weight excluding hydrogens is 1330 g/mol. The van der Waals surface area contributed by atoms with Crippen LogP contribution in [0.15, 0.2) is 0 Å². The van der Waals surface area contributed by atoms with Crippen LogP contribution < -0.4 is 47.9 Å². The van der Waals surface area contributed by atoms with E-state index in [4.69, 9.17) is 18.9 Å². The van der Waals surface area contributed by atoms with E-state index in [0.717, 1.165) is 19.5 Å². The Morgan fingerprint density at radius 2 is 0.716 bits per heavy atom. The Hall–Kier alpha value is -6.24. The van der Waals surface area contributed by atoms with Gasteiger partial charge >= 0.3 is 0 Å². The number of ketones is 3. The number of likely N-dealkylation sites (N-methyl/N-ethyl adjacent to an activating group) is 4. The molecule has 0 heterocycles. The number of hydrogen-bond donors (Lipinski definition) is 13. The van der Waals surface area contributed by atoms with Crippen molar-refractivity contribution >= 4 is 70.5 Å². The molecule has 0 aromatic rings. The fourth-order valence-corrected chi connectivity index (χ4v) is 10.2. The lowest BCUT2D eigenvalue weighted by Gasteiger charge is -2.25. The summed E-state index contributed by atoms with van der Waals surface area (Å²) >= 11 is 0. The lowest BCUT2D eigenvalue weighted by Crippen LogP contribution is -2.52. The van der Waals surface area contributed by atoms with Gasteiger partial charge in [0.25, 0.3) is 0 Å². The minimum atomic E-state index is -1.77. The highest BCUT2D eigenvalue weighted by atomic mass is 16.5. The van der Waals surface area contributed by atoms with Crippen molar-refractivity contribution in [2.75, 3.05) is 208 Å². The topological polar surface area (TPSA) is 444 Å². The predicted molar refractivity (Wildman–Crippen MR) is 382 cm³/mol. The number of carbonyl (C=O) groups is 12. The first-order valence-corrected chi connectivity index (χ1v) is 36.0. The van der Waals surface area contributed by atoms with Crippen LogP contribution in [0, 0.1) is 35.5 Å². The van der Waals surface area contributed by atoms with E-state index in [0.29, 0.717) is 65.1 Å². The molecule has 0 spiro atoms. The normalized spacial score (nSPS) is 13.3. The highest BCUT2D eigenvalue weighted by Crippen LogP contribution is 2.20. The minimum Gasteiger partial charge on any atom is -0.396 e. The molecule has 13 N–H and O–H groups in total. The van der Waals surface area contributed by atoms with Gasteiger partial charge in [-0.1, -0.05) is 26.7 Å². The van der Waals surface area contributed by atoms with E-state index in [1.165, 1.54) is 21.1 Å². The number of carbonyl (C=O) groups excluding carboxylic acids is 12. The van der Waals surface area contributed by atoms with E-state index in [2.05, 4.69) is 47.9 Å². The van der Waals surface area contributed by atoms with Crippen molar-refractivity contribution < 1.29 is 96.9 Å². The molecule has 33 nitrogen and oxygen atoms in total. The van der Waals surface area contributed by atoms with Gasteiger partial charge in [0, 0.05) is 201 Å². The molecule has 0 fully saturated rings. The summed E-state index contributed by atoms with van der Waals surface area (Å²) in [5.41, 5.74) is 0. The summed E-state index contributed by atoms with van der Waals surface area (Å²) in [6.45, 7) is 7.92. The highest BCUT2D eigenvalue weighted by molar-refractivity contribution is 5.99. The van der Waals surface area contributed by atoms with Crippen LogP contribution >= 0.6 is 0 Å². The number of unbranched alkanes of at least 4 members (excludes halogenated alkanes) is 2. The third-order valence-corrected chi connectivity index (χ3v) is 16.7. The zero-order valence-electron chi connectivity index (χ0n) is 62.8. The van der Waals surface area contributed by atoms with Crippen molar-refractivity contribution in [2.45, 2.75) is 129 Å². The number of Topliss-reactive ketones (excluding diaryl/α,β-unsaturated/α-hetero) is 3. The van der Waals surface area contributed by atoms with Crippen LogP contribution in [0.25, 0.3) is 0 Å². The van der Waals surface area contributed by atoms with Crippen LogP contribution in [0.1, 0.15) is 117 Å². The summed E-state index contributed by atoms with van der Waals surface area (Å²) in [6.07, 6.45) is -2.39. The van der Waals surface area contributed by atoms with Crippen LogP contribution in [0.3, 0.4) is 0 Å². The fraction of sp³-hybridized carbons (Fsp3) is 0.826. The number of aliphatic hydroxyl groups excluding tert-OH is 4. The Balaban J connectivity index is 7.62. The second-order valence-corrected chi connectivity index (χ2v) is 26.7. The molecule has 0 aromatic carbocycles. The third-order valence-electron chi connectivity index (χ3n) is 16.7. The van der Waals surface area contributed by atoms with Gasteiger partial charge in [0.1, 0.15) is 29.4 Å². The molecule has 6 unspecified atom stereocenters. The van der Waals surface area contributed by atoms with Crippen LogP contribution in [0.4, 0.5) is 0 Å². The SMILES string of the molecule is CCCCNC(=O)C(CC(=O)CC(NC(=O)C(CC(=O)CC(NC(=O)C(CC(=O)CC(C)C(=O)NCCOCCOC)CC(=O)NCCOCCOC)C(=O)NCCCC(CO)CO)CC(=O)NCCCCC(CO)CO)C(=O)NCCN(C)CCN(C)C)CC(=O)NCCN(C)CCN(C)C. The summed E-state index contributed by atoms with van der Waals surface area (Å²) in [4.78, 5) is 177. The van der Waals surface area contributed by atoms with E-state index in [1.807, 2.05) is 68.8 Å². The number of ether oxygens (including phenoxy) is 4. The number of rotatable bonds is 66. The van der Waals surface area contributed by atoms with Gasteiger partial charge in [-0.15, -0.1) is 0 Å². The van der Waals surface area contributed by atoms with E-state index >= 15 is 0 Å². The second-order valence-electron chi connectivity index (χ2n) is 26.7. The monoisotopic (exact) mass is 1460 g/mol. The number of aliphatic hydroxyl groups is 4. The highest BCUT2D eigenvalue weighted by Gasteiger charge is 2.36. The van der Waals surface area contributed by atoms with Gasteiger partial charge in [0.05, 0.1) is 57.4 Å². The van der Waals surface area contributed by atoms with Crippen LogP contribution in [0.5, 0.6) is 0 Å². The van der Waals surface area contributed by atoms with Crippen molar-refractivity contribution in [3.8, 4) is 0 Å². The van der Waals surface area contributed by atoms with Crippen molar-refractivity contribution in [2.24, 2.45) is 35.5 Å². The fourth-order valence-electron chi connectivity index (χ4n) is 10.2. The summed E-state index contributed by atoms with van der Waals surface area (Å²) in [5.74, 6) is -15.0. The van der Waals surface area contributed by atoms with Crippen LogP contribution in [0.2, 0.25) is 0 Å². The van der Waals surface area contributed by atoms with Crippen LogP contribution in [-0.2, 0) is 76.5 Å². The minimum absolute atomic E-state index is 0.00168. The van der Waals surface area contributed by atoms with Gasteiger partial charge in [-0.25, -0.2) is 0 Å². The van der Waals surface area contributed by atoms with Gasteiger partial charge < -0.3 is 107 Å². The van der Waals surface area contributed by atoms with E-state index < -0.39 is 157 Å². The summed E-state index contributed by atoms with van der Waals surface area (Å²) in [5, 5.41) is 62.8. The Labute approximate surface area is 604 Å². The molecule has 590 valence electrons. The molecule has 0 saturated carbocycles. The van der Waals surface area contributed by atoms with E-state index in [1.54, 1.807) is 0 Å².